The molecule has 90 valence electrons. The predicted molar refractivity (Wildman–Crippen MR) is 69.4 cm³/mol. The SMILES string of the molecule is CC.CC(N)c1ccc2c(C#N)nn(C)c2c1. The molecule has 4 heteroatoms. The van der Waals surface area contributed by atoms with Crippen molar-refractivity contribution in [2.24, 2.45) is 12.8 Å². The van der Waals surface area contributed by atoms with Gasteiger partial charge in [-0.2, -0.15) is 10.4 Å². The molecule has 0 saturated heterocycles. The van der Waals surface area contributed by atoms with Gasteiger partial charge in [-0.05, 0) is 24.6 Å². The maximum atomic E-state index is 8.88. The van der Waals surface area contributed by atoms with Crippen LogP contribution in [0.15, 0.2) is 18.2 Å². The molecule has 0 bridgehead atoms. The van der Waals surface area contributed by atoms with Gasteiger partial charge in [0.05, 0.1) is 5.52 Å². The Labute approximate surface area is 102 Å². The van der Waals surface area contributed by atoms with Gasteiger partial charge in [0, 0.05) is 18.5 Å². The third-order valence-corrected chi connectivity index (χ3v) is 2.51. The van der Waals surface area contributed by atoms with Gasteiger partial charge in [0.15, 0.2) is 5.69 Å². The highest BCUT2D eigenvalue weighted by atomic mass is 15.3. The van der Waals surface area contributed by atoms with Crippen LogP contribution in [0, 0.1) is 11.3 Å². The summed E-state index contributed by atoms with van der Waals surface area (Å²) in [6.45, 7) is 5.93. The van der Waals surface area contributed by atoms with E-state index in [-0.39, 0.29) is 6.04 Å². The number of fused-ring (bicyclic) bond motifs is 1. The third-order valence-electron chi connectivity index (χ3n) is 2.51. The molecular weight excluding hydrogens is 212 g/mol. The van der Waals surface area contributed by atoms with Gasteiger partial charge in [-0.1, -0.05) is 19.9 Å². The topological polar surface area (TPSA) is 67.6 Å². The number of nitriles is 1. The fraction of sp³-hybridized carbons (Fsp3) is 0.385. The van der Waals surface area contributed by atoms with Crippen LogP contribution in [-0.4, -0.2) is 9.78 Å². The summed E-state index contributed by atoms with van der Waals surface area (Å²) in [6, 6.07) is 7.89. The molecule has 1 aromatic carbocycles. The molecule has 1 heterocycles. The molecule has 0 aliphatic heterocycles. The van der Waals surface area contributed by atoms with Crippen molar-refractivity contribution >= 4 is 10.9 Å². The summed E-state index contributed by atoms with van der Waals surface area (Å²) in [6.07, 6.45) is 0. The van der Waals surface area contributed by atoms with Crippen molar-refractivity contribution in [2.75, 3.05) is 0 Å². The fourth-order valence-electron chi connectivity index (χ4n) is 1.64. The van der Waals surface area contributed by atoms with Crippen molar-refractivity contribution in [3.8, 4) is 6.07 Å². The molecule has 0 aliphatic rings. The van der Waals surface area contributed by atoms with Crippen LogP contribution in [0.25, 0.3) is 10.9 Å². The smallest absolute Gasteiger partial charge is 0.170 e. The lowest BCUT2D eigenvalue weighted by molar-refractivity contribution is 0.785. The molecule has 0 aliphatic carbocycles. The van der Waals surface area contributed by atoms with Crippen LogP contribution >= 0.6 is 0 Å². The molecule has 0 saturated carbocycles. The Morgan fingerprint density at radius 1 is 1.41 bits per heavy atom. The Morgan fingerprint density at radius 3 is 2.59 bits per heavy atom. The van der Waals surface area contributed by atoms with Gasteiger partial charge in [0.25, 0.3) is 0 Å². The van der Waals surface area contributed by atoms with Crippen molar-refractivity contribution in [2.45, 2.75) is 26.8 Å². The minimum atomic E-state index is -0.00478. The second-order valence-corrected chi connectivity index (χ2v) is 3.65. The first-order valence-corrected chi connectivity index (χ1v) is 5.76. The van der Waals surface area contributed by atoms with E-state index in [1.54, 1.807) is 4.68 Å². The largest absolute Gasteiger partial charge is 0.324 e. The van der Waals surface area contributed by atoms with Crippen molar-refractivity contribution in [1.29, 1.82) is 5.26 Å². The molecule has 17 heavy (non-hydrogen) atoms. The summed E-state index contributed by atoms with van der Waals surface area (Å²) in [5.74, 6) is 0. The number of aromatic nitrogens is 2. The summed E-state index contributed by atoms with van der Waals surface area (Å²) < 4.78 is 1.71. The standard InChI is InChI=1S/C11H12N4.C2H6/c1-7(13)8-3-4-9-10(6-12)14-15(2)11(9)5-8;1-2/h3-5,7H,13H2,1-2H3;1-2H3. The number of nitrogens with zero attached hydrogens (tertiary/aromatic N) is 3. The molecule has 1 atom stereocenters. The zero-order valence-corrected chi connectivity index (χ0v) is 10.7. The molecule has 0 radical (unpaired) electrons. The van der Waals surface area contributed by atoms with Gasteiger partial charge < -0.3 is 5.73 Å². The maximum Gasteiger partial charge on any atom is 0.170 e. The highest BCUT2D eigenvalue weighted by molar-refractivity contribution is 5.84. The average molecular weight is 230 g/mol. The minimum absolute atomic E-state index is 0.00478. The Morgan fingerprint density at radius 2 is 2.06 bits per heavy atom. The van der Waals surface area contributed by atoms with E-state index >= 15 is 0 Å². The van der Waals surface area contributed by atoms with Crippen LogP contribution < -0.4 is 5.73 Å². The molecule has 0 spiro atoms. The second kappa shape index (κ2) is 5.46. The highest BCUT2D eigenvalue weighted by Gasteiger charge is 2.09. The first-order valence-electron chi connectivity index (χ1n) is 5.76. The number of hydrogen-bond acceptors (Lipinski definition) is 3. The lowest BCUT2D eigenvalue weighted by Crippen LogP contribution is -2.04. The van der Waals surface area contributed by atoms with Crippen LogP contribution in [0.3, 0.4) is 0 Å². The van der Waals surface area contributed by atoms with Gasteiger partial charge in [-0.3, -0.25) is 4.68 Å². The van der Waals surface area contributed by atoms with Gasteiger partial charge >= 0.3 is 0 Å². The van der Waals surface area contributed by atoms with Gasteiger partial charge in [-0.15, -0.1) is 0 Å². The Bertz CT molecular complexity index is 546. The third kappa shape index (κ3) is 2.45. The van der Waals surface area contributed by atoms with E-state index in [2.05, 4.69) is 11.2 Å². The summed E-state index contributed by atoms with van der Waals surface area (Å²) >= 11 is 0. The lowest BCUT2D eigenvalue weighted by atomic mass is 10.1. The quantitative estimate of drug-likeness (QED) is 0.818. The zero-order valence-electron chi connectivity index (χ0n) is 10.7. The highest BCUT2D eigenvalue weighted by Crippen LogP contribution is 2.21. The van der Waals surface area contributed by atoms with Gasteiger partial charge in [0.1, 0.15) is 6.07 Å². The van der Waals surface area contributed by atoms with E-state index in [4.69, 9.17) is 11.0 Å². The summed E-state index contributed by atoms with van der Waals surface area (Å²) in [4.78, 5) is 0. The van der Waals surface area contributed by atoms with E-state index in [9.17, 15) is 0 Å². The van der Waals surface area contributed by atoms with Crippen molar-refractivity contribution in [3.63, 3.8) is 0 Å². The maximum absolute atomic E-state index is 8.88. The Kier molecular flexibility index (Phi) is 4.24. The van der Waals surface area contributed by atoms with Crippen LogP contribution in [0.2, 0.25) is 0 Å². The van der Waals surface area contributed by atoms with Crippen LogP contribution in [-0.2, 0) is 7.05 Å². The summed E-state index contributed by atoms with van der Waals surface area (Å²) in [5.41, 5.74) is 8.26. The van der Waals surface area contributed by atoms with Crippen LogP contribution in [0.5, 0.6) is 0 Å². The van der Waals surface area contributed by atoms with E-state index in [1.165, 1.54) is 0 Å². The lowest BCUT2D eigenvalue weighted by Gasteiger charge is -2.05. The predicted octanol–water partition coefficient (Wildman–Crippen LogP) is 2.49. The van der Waals surface area contributed by atoms with Gasteiger partial charge in [0.2, 0.25) is 0 Å². The molecule has 1 aromatic heterocycles. The second-order valence-electron chi connectivity index (χ2n) is 3.65. The monoisotopic (exact) mass is 230 g/mol. The molecular formula is C13H18N4. The van der Waals surface area contributed by atoms with Crippen molar-refractivity contribution in [1.82, 2.24) is 9.78 Å². The fourth-order valence-corrected chi connectivity index (χ4v) is 1.64. The number of rotatable bonds is 1. The molecule has 1 unspecified atom stereocenters. The van der Waals surface area contributed by atoms with Crippen LogP contribution in [0.4, 0.5) is 0 Å². The molecule has 2 aromatic rings. The van der Waals surface area contributed by atoms with E-state index in [1.807, 2.05) is 46.0 Å². The Hall–Kier alpha value is -1.86. The molecule has 2 rings (SSSR count). The average Bonchev–Trinajstić information content (AvgIpc) is 2.68. The van der Waals surface area contributed by atoms with Crippen LogP contribution in [0.1, 0.15) is 38.1 Å². The normalized spacial score (nSPS) is 11.5. The Balaban J connectivity index is 0.000000686. The summed E-state index contributed by atoms with van der Waals surface area (Å²) in [5, 5.41) is 13.9. The van der Waals surface area contributed by atoms with Crippen molar-refractivity contribution in [3.05, 3.63) is 29.5 Å². The molecule has 0 fully saturated rings. The molecule has 0 amide bonds. The minimum Gasteiger partial charge on any atom is -0.324 e. The number of nitrogens with two attached hydrogens (primary N) is 1. The number of aryl methyl sites for hydroxylation is 1. The van der Waals surface area contributed by atoms with Gasteiger partial charge in [-0.25, -0.2) is 0 Å². The van der Waals surface area contributed by atoms with E-state index in [0.717, 1.165) is 16.5 Å². The van der Waals surface area contributed by atoms with E-state index < -0.39 is 0 Å². The summed E-state index contributed by atoms with van der Waals surface area (Å²) in [7, 11) is 1.83. The zero-order chi connectivity index (χ0) is 13.0. The first kappa shape index (κ1) is 13.2. The molecule has 4 nitrogen and oxygen atoms in total. The first-order chi connectivity index (χ1) is 8.13. The van der Waals surface area contributed by atoms with Crippen molar-refractivity contribution < 1.29 is 0 Å². The van der Waals surface area contributed by atoms with E-state index in [0.29, 0.717) is 5.69 Å². The molecule has 2 N–H and O–H groups in total. The number of hydrogen-bond donors (Lipinski definition) is 1. The number of benzene rings is 1.